The zero-order valence-electron chi connectivity index (χ0n) is 9.02. The summed E-state index contributed by atoms with van der Waals surface area (Å²) >= 11 is 0. The molecule has 4 atom stereocenters. The van der Waals surface area contributed by atoms with E-state index in [2.05, 4.69) is 0 Å². The largest absolute Gasteiger partial charge is 0.382 e. The van der Waals surface area contributed by atoms with Gasteiger partial charge in [-0.25, -0.2) is 0 Å². The van der Waals surface area contributed by atoms with Crippen LogP contribution in [0.25, 0.3) is 0 Å². The number of methoxy groups -OCH3 is 3. The number of rotatable bonds is 4. The van der Waals surface area contributed by atoms with Crippen LogP contribution in [0.15, 0.2) is 0 Å². The number of ether oxygens (including phenoxy) is 4. The molecule has 1 N–H and O–H groups in total. The van der Waals surface area contributed by atoms with Crippen molar-refractivity contribution in [1.29, 1.82) is 0 Å². The second-order valence-corrected chi connectivity index (χ2v) is 3.58. The molecule has 0 saturated carbocycles. The van der Waals surface area contributed by atoms with E-state index in [4.69, 9.17) is 18.9 Å². The molecule has 84 valence electrons. The van der Waals surface area contributed by atoms with Crippen LogP contribution in [0, 0.1) is 0 Å². The van der Waals surface area contributed by atoms with Crippen LogP contribution in [0.3, 0.4) is 0 Å². The van der Waals surface area contributed by atoms with Gasteiger partial charge in [-0.1, -0.05) is 0 Å². The van der Waals surface area contributed by atoms with Gasteiger partial charge in [-0.15, -0.1) is 0 Å². The van der Waals surface area contributed by atoms with Crippen molar-refractivity contribution in [3.8, 4) is 0 Å². The molecule has 0 radical (unpaired) electrons. The summed E-state index contributed by atoms with van der Waals surface area (Å²) in [6.07, 6.45) is -1.41. The molecule has 0 unspecified atom stereocenters. The van der Waals surface area contributed by atoms with Crippen molar-refractivity contribution in [2.75, 3.05) is 27.9 Å². The first kappa shape index (κ1) is 11.9. The Labute approximate surface area is 83.9 Å². The first-order valence-corrected chi connectivity index (χ1v) is 4.50. The van der Waals surface area contributed by atoms with Crippen molar-refractivity contribution >= 4 is 0 Å². The molecular weight excluding hydrogens is 188 g/mol. The monoisotopic (exact) mass is 206 g/mol. The molecule has 0 aromatic carbocycles. The van der Waals surface area contributed by atoms with Crippen molar-refractivity contribution in [2.45, 2.75) is 31.0 Å². The van der Waals surface area contributed by atoms with Gasteiger partial charge in [0, 0.05) is 21.3 Å². The van der Waals surface area contributed by atoms with E-state index in [1.54, 1.807) is 14.0 Å². The second kappa shape index (κ2) is 4.55. The summed E-state index contributed by atoms with van der Waals surface area (Å²) in [5, 5.41) is 10.1. The van der Waals surface area contributed by atoms with E-state index < -0.39 is 18.0 Å². The third-order valence-electron chi connectivity index (χ3n) is 2.49. The van der Waals surface area contributed by atoms with Crippen molar-refractivity contribution in [3.63, 3.8) is 0 Å². The van der Waals surface area contributed by atoms with Gasteiger partial charge in [0.25, 0.3) is 0 Å². The van der Waals surface area contributed by atoms with E-state index in [1.807, 2.05) is 0 Å². The molecule has 1 aliphatic heterocycles. The van der Waals surface area contributed by atoms with Crippen LogP contribution in [-0.4, -0.2) is 57.1 Å². The fraction of sp³-hybridized carbons (Fsp3) is 1.00. The number of aliphatic hydroxyl groups is 1. The van der Waals surface area contributed by atoms with Crippen LogP contribution in [-0.2, 0) is 18.9 Å². The molecular formula is C9H18O5. The molecule has 1 heterocycles. The van der Waals surface area contributed by atoms with Crippen LogP contribution in [0.1, 0.15) is 6.92 Å². The van der Waals surface area contributed by atoms with E-state index in [-0.39, 0.29) is 6.10 Å². The quantitative estimate of drug-likeness (QED) is 0.688. The Morgan fingerprint density at radius 3 is 2.36 bits per heavy atom. The van der Waals surface area contributed by atoms with Crippen LogP contribution in [0.5, 0.6) is 0 Å². The van der Waals surface area contributed by atoms with Gasteiger partial charge in [0.05, 0.1) is 6.61 Å². The highest BCUT2D eigenvalue weighted by atomic mass is 16.7. The van der Waals surface area contributed by atoms with E-state index in [0.29, 0.717) is 6.61 Å². The summed E-state index contributed by atoms with van der Waals surface area (Å²) in [6, 6.07) is 0. The third kappa shape index (κ3) is 1.92. The fourth-order valence-corrected chi connectivity index (χ4v) is 1.85. The van der Waals surface area contributed by atoms with E-state index >= 15 is 0 Å². The van der Waals surface area contributed by atoms with Gasteiger partial charge in [0.2, 0.25) is 0 Å². The predicted octanol–water partition coefficient (Wildman–Crippen LogP) is -0.230. The second-order valence-electron chi connectivity index (χ2n) is 3.58. The van der Waals surface area contributed by atoms with Crippen LogP contribution >= 0.6 is 0 Å². The molecule has 1 rings (SSSR count). The Bertz CT molecular complexity index is 182. The van der Waals surface area contributed by atoms with E-state index in [9.17, 15) is 5.11 Å². The number of hydrogen-bond donors (Lipinski definition) is 1. The average molecular weight is 206 g/mol. The first-order chi connectivity index (χ1) is 6.57. The smallest absolute Gasteiger partial charge is 0.188 e. The minimum Gasteiger partial charge on any atom is -0.382 e. The molecule has 0 amide bonds. The molecule has 5 heteroatoms. The van der Waals surface area contributed by atoms with Crippen molar-refractivity contribution < 1.29 is 24.1 Å². The summed E-state index contributed by atoms with van der Waals surface area (Å²) in [6.45, 7) is 2.00. The summed E-state index contributed by atoms with van der Waals surface area (Å²) in [5.74, 6) is 0. The summed E-state index contributed by atoms with van der Waals surface area (Å²) < 4.78 is 20.6. The maximum atomic E-state index is 10.1. The van der Waals surface area contributed by atoms with Gasteiger partial charge in [-0.3, -0.25) is 0 Å². The molecule has 0 bridgehead atoms. The van der Waals surface area contributed by atoms with Gasteiger partial charge < -0.3 is 24.1 Å². The summed E-state index contributed by atoms with van der Waals surface area (Å²) in [7, 11) is 4.59. The van der Waals surface area contributed by atoms with Crippen LogP contribution in [0.4, 0.5) is 0 Å². The summed E-state index contributed by atoms with van der Waals surface area (Å²) in [5.41, 5.74) is -1.15. The first-order valence-electron chi connectivity index (χ1n) is 4.50. The molecule has 1 aliphatic rings. The van der Waals surface area contributed by atoms with Crippen molar-refractivity contribution in [3.05, 3.63) is 0 Å². The fourth-order valence-electron chi connectivity index (χ4n) is 1.85. The van der Waals surface area contributed by atoms with Crippen molar-refractivity contribution in [1.82, 2.24) is 0 Å². The zero-order valence-corrected chi connectivity index (χ0v) is 9.02. The molecule has 14 heavy (non-hydrogen) atoms. The molecule has 1 fully saturated rings. The van der Waals surface area contributed by atoms with Gasteiger partial charge in [-0.05, 0) is 6.92 Å². The average Bonchev–Trinajstić information content (AvgIpc) is 2.37. The highest BCUT2D eigenvalue weighted by Gasteiger charge is 2.53. The van der Waals surface area contributed by atoms with E-state index in [1.165, 1.54) is 14.2 Å². The normalized spacial score (nSPS) is 43.1. The standard InChI is InChI=1S/C9H18O5/c1-9(10)7(12-3)6(5-11-2)14-8(9)13-4/h6-8,10H,5H2,1-4H3/t6-,7-,8+,9-/m1/s1. The van der Waals surface area contributed by atoms with E-state index in [0.717, 1.165) is 0 Å². The molecule has 0 aromatic rings. The van der Waals surface area contributed by atoms with Crippen molar-refractivity contribution in [2.24, 2.45) is 0 Å². The van der Waals surface area contributed by atoms with Crippen LogP contribution in [0.2, 0.25) is 0 Å². The Kier molecular flexibility index (Phi) is 3.86. The Hall–Kier alpha value is -0.200. The lowest BCUT2D eigenvalue weighted by Crippen LogP contribution is -2.47. The lowest BCUT2D eigenvalue weighted by atomic mass is 9.98. The predicted molar refractivity (Wildman–Crippen MR) is 49.0 cm³/mol. The third-order valence-corrected chi connectivity index (χ3v) is 2.49. The molecule has 0 aromatic heterocycles. The SMILES string of the molecule is COC[C@H]1O[C@H](OC)[C@](C)(O)[C@@H]1OC. The Balaban J connectivity index is 2.74. The van der Waals surface area contributed by atoms with Gasteiger partial charge in [-0.2, -0.15) is 0 Å². The molecule has 1 saturated heterocycles. The topological polar surface area (TPSA) is 57.2 Å². The van der Waals surface area contributed by atoms with Gasteiger partial charge in [0.1, 0.15) is 17.8 Å². The Morgan fingerprint density at radius 1 is 1.29 bits per heavy atom. The highest BCUT2D eigenvalue weighted by Crippen LogP contribution is 2.33. The molecule has 0 aliphatic carbocycles. The van der Waals surface area contributed by atoms with Gasteiger partial charge >= 0.3 is 0 Å². The minimum atomic E-state index is -1.15. The van der Waals surface area contributed by atoms with Crippen LogP contribution < -0.4 is 0 Å². The zero-order chi connectivity index (χ0) is 10.8. The maximum absolute atomic E-state index is 10.1. The lowest BCUT2D eigenvalue weighted by Gasteiger charge is -2.27. The highest BCUT2D eigenvalue weighted by molar-refractivity contribution is 4.98. The molecule has 0 spiro atoms. The maximum Gasteiger partial charge on any atom is 0.188 e. The lowest BCUT2D eigenvalue weighted by molar-refractivity contribution is -0.188. The minimum absolute atomic E-state index is 0.301. The number of hydrogen-bond acceptors (Lipinski definition) is 5. The Morgan fingerprint density at radius 2 is 1.93 bits per heavy atom. The summed E-state index contributed by atoms with van der Waals surface area (Å²) in [4.78, 5) is 0. The molecule has 5 nitrogen and oxygen atoms in total. The van der Waals surface area contributed by atoms with Gasteiger partial charge in [0.15, 0.2) is 6.29 Å².